The number of ether oxygens (including phenoxy) is 1. The fourth-order valence-corrected chi connectivity index (χ4v) is 4.41. The summed E-state index contributed by atoms with van der Waals surface area (Å²) in [4.78, 5) is 12.6. The van der Waals surface area contributed by atoms with Gasteiger partial charge >= 0.3 is 0 Å². The van der Waals surface area contributed by atoms with E-state index in [-0.39, 0.29) is 12.2 Å². The quantitative estimate of drug-likeness (QED) is 0.529. The van der Waals surface area contributed by atoms with E-state index in [4.69, 9.17) is 16.3 Å². The first kappa shape index (κ1) is 22.7. The van der Waals surface area contributed by atoms with Gasteiger partial charge in [0.1, 0.15) is 22.5 Å². The summed E-state index contributed by atoms with van der Waals surface area (Å²) in [5, 5.41) is 3.17. The Labute approximate surface area is 185 Å². The van der Waals surface area contributed by atoms with Gasteiger partial charge in [-0.2, -0.15) is 4.72 Å². The van der Waals surface area contributed by atoms with Crippen molar-refractivity contribution in [3.63, 3.8) is 0 Å². The minimum Gasteiger partial charge on any atom is -0.495 e. The number of hydrogen-bond acceptors (Lipinski definition) is 4. The van der Waals surface area contributed by atoms with Crippen molar-refractivity contribution in [1.82, 2.24) is 4.72 Å². The zero-order valence-electron chi connectivity index (χ0n) is 16.5. The number of amides is 1. The summed E-state index contributed by atoms with van der Waals surface area (Å²) in [5.74, 6) is -1.36. The van der Waals surface area contributed by atoms with Crippen LogP contribution in [0.15, 0.2) is 77.7 Å². The van der Waals surface area contributed by atoms with Crippen LogP contribution in [0.5, 0.6) is 5.75 Å². The van der Waals surface area contributed by atoms with Gasteiger partial charge in [0.05, 0.1) is 7.11 Å². The topological polar surface area (TPSA) is 84.5 Å². The highest BCUT2D eigenvalue weighted by Gasteiger charge is 2.28. The van der Waals surface area contributed by atoms with Gasteiger partial charge in [0.25, 0.3) is 0 Å². The fourth-order valence-electron chi connectivity index (χ4n) is 2.91. The van der Waals surface area contributed by atoms with E-state index in [9.17, 15) is 17.6 Å². The van der Waals surface area contributed by atoms with Gasteiger partial charge in [0, 0.05) is 10.7 Å². The van der Waals surface area contributed by atoms with Crippen LogP contribution in [0.3, 0.4) is 0 Å². The molecule has 1 atom stereocenters. The largest absolute Gasteiger partial charge is 0.495 e. The lowest BCUT2D eigenvalue weighted by molar-refractivity contribution is -0.117. The Morgan fingerprint density at radius 2 is 1.74 bits per heavy atom. The third-order valence-electron chi connectivity index (χ3n) is 4.42. The van der Waals surface area contributed by atoms with E-state index >= 15 is 0 Å². The number of methoxy groups -OCH3 is 1. The van der Waals surface area contributed by atoms with Gasteiger partial charge in [0.15, 0.2) is 0 Å². The van der Waals surface area contributed by atoms with Crippen molar-refractivity contribution in [3.8, 4) is 5.75 Å². The number of nitrogens with one attached hydrogen (secondary N) is 2. The SMILES string of the molecule is COc1ccc(F)cc1S(=O)(=O)NC(Cc1ccccc1)C(=O)Nc1ccc(Cl)cc1. The maximum atomic E-state index is 13.7. The number of carbonyl (C=O) groups is 1. The molecule has 0 aliphatic heterocycles. The standard InChI is InChI=1S/C22H20ClFN2O4S/c1-30-20-12-9-17(24)14-21(20)31(28,29)26-19(13-15-5-3-2-4-6-15)22(27)25-18-10-7-16(23)8-11-18/h2-12,14,19,26H,13H2,1H3,(H,25,27). The molecule has 0 saturated carbocycles. The highest BCUT2D eigenvalue weighted by Crippen LogP contribution is 2.25. The number of halogens is 2. The molecule has 2 N–H and O–H groups in total. The summed E-state index contributed by atoms with van der Waals surface area (Å²) in [7, 11) is -3.01. The Bertz CT molecular complexity index is 1160. The number of rotatable bonds is 8. The Morgan fingerprint density at radius 1 is 1.06 bits per heavy atom. The molecule has 162 valence electrons. The lowest BCUT2D eigenvalue weighted by Gasteiger charge is -2.20. The maximum Gasteiger partial charge on any atom is 0.245 e. The molecule has 3 rings (SSSR count). The molecular weight excluding hydrogens is 443 g/mol. The van der Waals surface area contributed by atoms with E-state index in [1.54, 1.807) is 48.5 Å². The molecule has 0 saturated heterocycles. The maximum absolute atomic E-state index is 13.7. The van der Waals surface area contributed by atoms with Crippen molar-refractivity contribution in [2.75, 3.05) is 12.4 Å². The van der Waals surface area contributed by atoms with Gasteiger partial charge in [-0.25, -0.2) is 12.8 Å². The van der Waals surface area contributed by atoms with E-state index in [0.29, 0.717) is 10.7 Å². The van der Waals surface area contributed by atoms with E-state index < -0.39 is 32.7 Å². The Hall–Kier alpha value is -2.94. The smallest absolute Gasteiger partial charge is 0.245 e. The molecule has 1 amide bonds. The summed E-state index contributed by atoms with van der Waals surface area (Å²) < 4.78 is 47.2. The fraction of sp³-hybridized carbons (Fsp3) is 0.136. The monoisotopic (exact) mass is 462 g/mol. The minimum atomic E-state index is -4.29. The van der Waals surface area contributed by atoms with Crippen molar-refractivity contribution in [1.29, 1.82) is 0 Å². The molecule has 6 nitrogen and oxygen atoms in total. The van der Waals surface area contributed by atoms with Crippen molar-refractivity contribution in [3.05, 3.63) is 89.2 Å². The third kappa shape index (κ3) is 6.04. The summed E-state index contributed by atoms with van der Waals surface area (Å²) in [6, 6.07) is 17.3. The molecule has 31 heavy (non-hydrogen) atoms. The molecule has 0 bridgehead atoms. The Kier molecular flexibility index (Phi) is 7.27. The second kappa shape index (κ2) is 9.91. The van der Waals surface area contributed by atoms with Crippen LogP contribution in [0.4, 0.5) is 10.1 Å². The highest BCUT2D eigenvalue weighted by atomic mass is 35.5. The van der Waals surface area contributed by atoms with Crippen LogP contribution in [-0.4, -0.2) is 27.5 Å². The summed E-state index contributed by atoms with van der Waals surface area (Å²) in [6.07, 6.45) is 0.0805. The number of carbonyl (C=O) groups excluding carboxylic acids is 1. The predicted molar refractivity (Wildman–Crippen MR) is 117 cm³/mol. The first-order valence-electron chi connectivity index (χ1n) is 9.25. The zero-order valence-corrected chi connectivity index (χ0v) is 18.1. The van der Waals surface area contributed by atoms with Gasteiger partial charge < -0.3 is 10.1 Å². The van der Waals surface area contributed by atoms with Crippen molar-refractivity contribution in [2.45, 2.75) is 17.4 Å². The molecule has 1 unspecified atom stereocenters. The molecule has 0 aliphatic rings. The lowest BCUT2D eigenvalue weighted by atomic mass is 10.1. The predicted octanol–water partition coefficient (Wildman–Crippen LogP) is 4.02. The number of hydrogen-bond donors (Lipinski definition) is 2. The van der Waals surface area contributed by atoms with Crippen LogP contribution in [0.25, 0.3) is 0 Å². The number of sulfonamides is 1. The van der Waals surface area contributed by atoms with Gasteiger partial charge in [0.2, 0.25) is 15.9 Å². The molecule has 0 aromatic heterocycles. The molecular formula is C22H20ClFN2O4S. The summed E-state index contributed by atoms with van der Waals surface area (Å²) >= 11 is 5.87. The second-order valence-electron chi connectivity index (χ2n) is 6.65. The van der Waals surface area contributed by atoms with E-state index in [1.165, 1.54) is 13.2 Å². The van der Waals surface area contributed by atoms with Crippen LogP contribution in [0.1, 0.15) is 5.56 Å². The molecule has 0 heterocycles. The van der Waals surface area contributed by atoms with E-state index in [2.05, 4.69) is 10.0 Å². The summed E-state index contributed by atoms with van der Waals surface area (Å²) in [6.45, 7) is 0. The van der Waals surface area contributed by atoms with Crippen molar-refractivity contribution >= 4 is 33.2 Å². The van der Waals surface area contributed by atoms with Gasteiger partial charge in [-0.3, -0.25) is 4.79 Å². The van der Waals surface area contributed by atoms with E-state index in [1.807, 2.05) is 6.07 Å². The number of anilines is 1. The average Bonchev–Trinajstić information content (AvgIpc) is 2.75. The van der Waals surface area contributed by atoms with E-state index in [0.717, 1.165) is 17.7 Å². The van der Waals surface area contributed by atoms with Crippen LogP contribution in [0.2, 0.25) is 5.02 Å². The molecule has 9 heteroatoms. The Morgan fingerprint density at radius 3 is 2.39 bits per heavy atom. The molecule has 0 spiro atoms. The second-order valence-corrected chi connectivity index (χ2v) is 8.77. The van der Waals surface area contributed by atoms with Crippen LogP contribution in [0, 0.1) is 5.82 Å². The number of benzene rings is 3. The van der Waals surface area contributed by atoms with Gasteiger partial charge in [-0.05, 0) is 54.4 Å². The molecule has 0 fully saturated rings. The van der Waals surface area contributed by atoms with Gasteiger partial charge in [-0.15, -0.1) is 0 Å². The summed E-state index contributed by atoms with van der Waals surface area (Å²) in [5.41, 5.74) is 1.20. The molecule has 0 radical (unpaired) electrons. The third-order valence-corrected chi connectivity index (χ3v) is 6.17. The minimum absolute atomic E-state index is 0.0366. The first-order valence-corrected chi connectivity index (χ1v) is 11.1. The van der Waals surface area contributed by atoms with Gasteiger partial charge in [-0.1, -0.05) is 41.9 Å². The average molecular weight is 463 g/mol. The Balaban J connectivity index is 1.91. The zero-order chi connectivity index (χ0) is 22.4. The van der Waals surface area contributed by atoms with Crippen LogP contribution < -0.4 is 14.8 Å². The molecule has 3 aromatic carbocycles. The first-order chi connectivity index (χ1) is 14.8. The molecule has 0 aliphatic carbocycles. The van der Waals surface area contributed by atoms with Crippen molar-refractivity contribution < 1.29 is 22.3 Å². The van der Waals surface area contributed by atoms with Crippen LogP contribution in [-0.2, 0) is 21.2 Å². The highest BCUT2D eigenvalue weighted by molar-refractivity contribution is 7.89. The molecule has 3 aromatic rings. The normalized spacial score (nSPS) is 12.2. The van der Waals surface area contributed by atoms with Crippen molar-refractivity contribution in [2.24, 2.45) is 0 Å². The lowest BCUT2D eigenvalue weighted by Crippen LogP contribution is -2.45. The van der Waals surface area contributed by atoms with Crippen LogP contribution >= 0.6 is 11.6 Å².